The molecule has 5 nitrogen and oxygen atoms in total. The summed E-state index contributed by atoms with van der Waals surface area (Å²) < 4.78 is 16.0. The van der Waals surface area contributed by atoms with Gasteiger partial charge in [0.05, 0.1) is 17.9 Å². The van der Waals surface area contributed by atoms with E-state index in [1.807, 2.05) is 18.3 Å². The molecule has 1 aliphatic heterocycles. The minimum Gasteiger partial charge on any atom is -0.363 e. The third-order valence-corrected chi connectivity index (χ3v) is 5.13. The van der Waals surface area contributed by atoms with Gasteiger partial charge in [0.25, 0.3) is 0 Å². The smallest absolute Gasteiger partial charge is 0.137 e. The molecule has 5 rings (SSSR count). The van der Waals surface area contributed by atoms with Gasteiger partial charge < -0.3 is 10.6 Å². The molecule has 0 unspecified atom stereocenters. The molecule has 3 aromatic rings. The number of nitrogens with one attached hydrogen (secondary N) is 2. The van der Waals surface area contributed by atoms with Gasteiger partial charge in [0, 0.05) is 31.0 Å². The van der Waals surface area contributed by atoms with E-state index >= 15 is 0 Å². The summed E-state index contributed by atoms with van der Waals surface area (Å²) in [5.74, 6) is 1.41. The van der Waals surface area contributed by atoms with Crippen LogP contribution in [0, 0.1) is 0 Å². The number of anilines is 1. The van der Waals surface area contributed by atoms with E-state index < -0.39 is 6.17 Å². The average molecular weight is 337 g/mol. The number of aromatic nitrogens is 3. The first-order chi connectivity index (χ1) is 12.3. The van der Waals surface area contributed by atoms with Crippen LogP contribution in [0.1, 0.15) is 24.3 Å². The summed E-state index contributed by atoms with van der Waals surface area (Å²) in [6.07, 6.45) is 7.33. The number of rotatable bonds is 4. The van der Waals surface area contributed by atoms with Crippen LogP contribution in [0.5, 0.6) is 0 Å². The van der Waals surface area contributed by atoms with E-state index in [9.17, 15) is 4.39 Å². The molecule has 1 saturated carbocycles. The van der Waals surface area contributed by atoms with Gasteiger partial charge in [0.15, 0.2) is 0 Å². The first-order valence-electron chi connectivity index (χ1n) is 8.83. The van der Waals surface area contributed by atoms with Crippen LogP contribution in [0.3, 0.4) is 0 Å². The van der Waals surface area contributed by atoms with Crippen molar-refractivity contribution in [2.24, 2.45) is 0 Å². The number of halogens is 1. The zero-order valence-corrected chi connectivity index (χ0v) is 13.8. The van der Waals surface area contributed by atoms with Gasteiger partial charge in [-0.25, -0.2) is 14.4 Å². The van der Waals surface area contributed by atoms with Crippen molar-refractivity contribution >= 4 is 11.5 Å². The Bertz CT molecular complexity index is 917. The molecule has 2 atom stereocenters. The van der Waals surface area contributed by atoms with Crippen LogP contribution in [-0.2, 0) is 0 Å². The number of hydrogen-bond acceptors (Lipinski definition) is 4. The van der Waals surface area contributed by atoms with Gasteiger partial charge in [0.1, 0.15) is 17.6 Å². The monoisotopic (exact) mass is 337 g/mol. The predicted octanol–water partition coefficient (Wildman–Crippen LogP) is 3.00. The van der Waals surface area contributed by atoms with Crippen LogP contribution in [0.4, 0.5) is 10.2 Å². The van der Waals surface area contributed by atoms with Gasteiger partial charge in [-0.1, -0.05) is 0 Å². The fourth-order valence-corrected chi connectivity index (χ4v) is 3.56. The number of fused-ring (bicyclic) bond motifs is 1. The van der Waals surface area contributed by atoms with Crippen molar-refractivity contribution in [2.75, 3.05) is 18.4 Å². The maximum absolute atomic E-state index is 14.0. The van der Waals surface area contributed by atoms with E-state index in [1.165, 1.54) is 18.4 Å². The quantitative estimate of drug-likeness (QED) is 0.768. The molecule has 6 heteroatoms. The van der Waals surface area contributed by atoms with Gasteiger partial charge in [0.2, 0.25) is 0 Å². The highest BCUT2D eigenvalue weighted by Crippen LogP contribution is 2.40. The molecular formula is C19H20FN5. The molecule has 2 aliphatic rings. The summed E-state index contributed by atoms with van der Waals surface area (Å²) in [6, 6.07) is 8.00. The Morgan fingerprint density at radius 1 is 1.20 bits per heavy atom. The maximum Gasteiger partial charge on any atom is 0.137 e. The molecular weight excluding hydrogens is 317 g/mol. The normalized spacial score (nSPS) is 23.2. The van der Waals surface area contributed by atoms with E-state index in [0.717, 1.165) is 16.9 Å². The number of hydrogen-bond donors (Lipinski definition) is 2. The van der Waals surface area contributed by atoms with Crippen LogP contribution in [0.25, 0.3) is 16.9 Å². The lowest BCUT2D eigenvalue weighted by molar-refractivity contribution is 0.342. The van der Waals surface area contributed by atoms with E-state index in [-0.39, 0.29) is 6.04 Å². The topological polar surface area (TPSA) is 54.2 Å². The molecule has 0 amide bonds. The molecule has 0 radical (unpaired) electrons. The Kier molecular flexibility index (Phi) is 3.45. The zero-order chi connectivity index (χ0) is 16.8. The van der Waals surface area contributed by atoms with E-state index in [2.05, 4.69) is 43.3 Å². The molecule has 1 saturated heterocycles. The van der Waals surface area contributed by atoms with Gasteiger partial charge in [-0.2, -0.15) is 0 Å². The highest BCUT2D eigenvalue weighted by Gasteiger charge is 2.28. The number of pyridine rings is 2. The third-order valence-electron chi connectivity index (χ3n) is 5.13. The maximum atomic E-state index is 14.0. The summed E-state index contributed by atoms with van der Waals surface area (Å²) >= 11 is 0. The molecule has 0 spiro atoms. The zero-order valence-electron chi connectivity index (χ0n) is 13.8. The lowest BCUT2D eigenvalue weighted by Crippen LogP contribution is -2.30. The Morgan fingerprint density at radius 2 is 2.12 bits per heavy atom. The van der Waals surface area contributed by atoms with Crippen LogP contribution < -0.4 is 10.6 Å². The molecule has 3 aromatic heterocycles. The molecule has 2 N–H and O–H groups in total. The number of imidazole rings is 1. The SMILES string of the molecule is F[C@H]1CNC[C@@H]1Nc1ncccc1-c1cnc2cc(C3CC3)ccn12. The lowest BCUT2D eigenvalue weighted by Gasteiger charge is -2.17. The van der Waals surface area contributed by atoms with Crippen LogP contribution in [0.2, 0.25) is 0 Å². The van der Waals surface area contributed by atoms with Crippen molar-refractivity contribution in [2.45, 2.75) is 31.0 Å². The summed E-state index contributed by atoms with van der Waals surface area (Å²) in [5, 5.41) is 6.33. The van der Waals surface area contributed by atoms with Crippen molar-refractivity contribution in [3.05, 3.63) is 48.4 Å². The highest BCUT2D eigenvalue weighted by atomic mass is 19.1. The predicted molar refractivity (Wildman–Crippen MR) is 95.6 cm³/mol. The minimum atomic E-state index is -0.904. The summed E-state index contributed by atoms with van der Waals surface area (Å²) in [6.45, 7) is 0.995. The molecule has 1 aliphatic carbocycles. The standard InChI is InChI=1S/C19H20FN5/c20-15-9-21-10-16(15)24-19-14(2-1-6-22-19)17-11-23-18-8-13(12-3-4-12)5-7-25(17)18/h1-2,5-8,11-12,15-16,21H,3-4,9-10H2,(H,22,24)/t15-,16-/m0/s1. The van der Waals surface area contributed by atoms with Crippen LogP contribution in [-0.4, -0.2) is 39.7 Å². The second kappa shape index (κ2) is 5.81. The molecule has 128 valence electrons. The third kappa shape index (κ3) is 2.66. The Hall–Kier alpha value is -2.47. The average Bonchev–Trinajstić information content (AvgIpc) is 3.29. The van der Waals surface area contributed by atoms with Gasteiger partial charge >= 0.3 is 0 Å². The lowest BCUT2D eigenvalue weighted by atomic mass is 10.1. The second-order valence-corrected chi connectivity index (χ2v) is 6.93. The van der Waals surface area contributed by atoms with Crippen molar-refractivity contribution in [3.63, 3.8) is 0 Å². The first-order valence-corrected chi connectivity index (χ1v) is 8.83. The molecule has 0 aromatic carbocycles. The second-order valence-electron chi connectivity index (χ2n) is 6.93. The fourth-order valence-electron chi connectivity index (χ4n) is 3.56. The van der Waals surface area contributed by atoms with Crippen molar-refractivity contribution in [1.29, 1.82) is 0 Å². The first kappa shape index (κ1) is 14.8. The Balaban J connectivity index is 1.53. The van der Waals surface area contributed by atoms with Gasteiger partial charge in [-0.05, 0) is 48.6 Å². The largest absolute Gasteiger partial charge is 0.363 e. The van der Waals surface area contributed by atoms with E-state index in [4.69, 9.17) is 0 Å². The van der Waals surface area contributed by atoms with Crippen LogP contribution >= 0.6 is 0 Å². The Labute approximate surface area is 145 Å². The molecule has 2 fully saturated rings. The number of alkyl halides is 1. The summed E-state index contributed by atoms with van der Waals surface area (Å²) in [5.41, 5.74) is 4.22. The molecule has 4 heterocycles. The van der Waals surface area contributed by atoms with E-state index in [1.54, 1.807) is 6.20 Å². The highest BCUT2D eigenvalue weighted by molar-refractivity contribution is 5.74. The number of nitrogens with zero attached hydrogens (tertiary/aromatic N) is 3. The summed E-state index contributed by atoms with van der Waals surface area (Å²) in [4.78, 5) is 9.02. The van der Waals surface area contributed by atoms with E-state index in [0.29, 0.717) is 24.8 Å². The molecule has 0 bridgehead atoms. The van der Waals surface area contributed by atoms with Crippen molar-refractivity contribution in [3.8, 4) is 11.3 Å². The van der Waals surface area contributed by atoms with Crippen molar-refractivity contribution < 1.29 is 4.39 Å². The van der Waals surface area contributed by atoms with Gasteiger partial charge in [-0.3, -0.25) is 4.40 Å². The van der Waals surface area contributed by atoms with Gasteiger partial charge in [-0.15, -0.1) is 0 Å². The fraction of sp³-hybridized carbons (Fsp3) is 0.368. The summed E-state index contributed by atoms with van der Waals surface area (Å²) in [7, 11) is 0. The minimum absolute atomic E-state index is 0.255. The molecule has 25 heavy (non-hydrogen) atoms. The Morgan fingerprint density at radius 3 is 2.92 bits per heavy atom. The van der Waals surface area contributed by atoms with Crippen LogP contribution in [0.15, 0.2) is 42.9 Å². The van der Waals surface area contributed by atoms with Crippen molar-refractivity contribution in [1.82, 2.24) is 19.7 Å².